The largest absolute Gasteiger partial charge is 0.492 e. The highest BCUT2D eigenvalue weighted by Crippen LogP contribution is 2.40. The number of likely N-dealkylation sites (N-methyl/N-ethyl adjacent to an activating group) is 1. The summed E-state index contributed by atoms with van der Waals surface area (Å²) in [6.07, 6.45) is 1.47. The van der Waals surface area contributed by atoms with Crippen LogP contribution in [0.15, 0.2) is 54.7 Å². The highest BCUT2D eigenvalue weighted by atomic mass is 16.5. The lowest BCUT2D eigenvalue weighted by molar-refractivity contribution is -0.130. The van der Waals surface area contributed by atoms with E-state index in [1.165, 1.54) is 11.1 Å². The lowest BCUT2D eigenvalue weighted by atomic mass is 9.81. The number of nitrogens with zero attached hydrogens (tertiary/aromatic N) is 3. The smallest absolute Gasteiger partial charge is 0.339 e. The highest BCUT2D eigenvalue weighted by Gasteiger charge is 2.37. The molecule has 194 valence electrons. The van der Waals surface area contributed by atoms with Crippen molar-refractivity contribution >= 4 is 28.4 Å². The second-order valence-electron chi connectivity index (χ2n) is 10.6. The molecule has 8 heteroatoms. The van der Waals surface area contributed by atoms with E-state index >= 15 is 0 Å². The van der Waals surface area contributed by atoms with E-state index in [0.717, 1.165) is 49.2 Å². The summed E-state index contributed by atoms with van der Waals surface area (Å²) in [5, 5.41) is 11.1. The quantitative estimate of drug-likeness (QED) is 0.535. The van der Waals surface area contributed by atoms with Crippen LogP contribution in [0.25, 0.3) is 16.5 Å². The average Bonchev–Trinajstić information content (AvgIpc) is 3.22. The summed E-state index contributed by atoms with van der Waals surface area (Å²) < 4.78 is 5.98. The van der Waals surface area contributed by atoms with Gasteiger partial charge in [-0.05, 0) is 36.9 Å². The summed E-state index contributed by atoms with van der Waals surface area (Å²) >= 11 is 0. The molecule has 8 nitrogen and oxygen atoms in total. The van der Waals surface area contributed by atoms with Crippen molar-refractivity contribution in [2.45, 2.75) is 19.3 Å². The van der Waals surface area contributed by atoms with Crippen LogP contribution in [0.4, 0.5) is 0 Å². The fourth-order valence-electron chi connectivity index (χ4n) is 5.36. The number of H-pyrrole nitrogens is 1. The highest BCUT2D eigenvalue weighted by molar-refractivity contribution is 6.17. The van der Waals surface area contributed by atoms with Gasteiger partial charge in [0.1, 0.15) is 12.4 Å². The fraction of sp³-hybridized carbons (Fsp3) is 0.379. The van der Waals surface area contributed by atoms with Crippen molar-refractivity contribution in [1.29, 1.82) is 0 Å². The van der Waals surface area contributed by atoms with Gasteiger partial charge >= 0.3 is 5.97 Å². The van der Waals surface area contributed by atoms with Gasteiger partial charge in [0.15, 0.2) is 0 Å². The van der Waals surface area contributed by atoms with Crippen LogP contribution in [0.3, 0.4) is 0 Å². The second-order valence-corrected chi connectivity index (χ2v) is 10.6. The van der Waals surface area contributed by atoms with Crippen LogP contribution in [-0.2, 0) is 10.2 Å². The van der Waals surface area contributed by atoms with Gasteiger partial charge in [0, 0.05) is 67.3 Å². The Balaban J connectivity index is 1.37. The number of fused-ring (bicyclic) bond motifs is 3. The number of aromatic amines is 1. The van der Waals surface area contributed by atoms with Crippen LogP contribution < -0.4 is 4.74 Å². The molecule has 0 spiro atoms. The maximum absolute atomic E-state index is 13.7. The monoisotopic (exact) mass is 502 g/mol. The van der Waals surface area contributed by atoms with E-state index in [4.69, 9.17) is 4.74 Å². The van der Waals surface area contributed by atoms with Gasteiger partial charge in [-0.3, -0.25) is 9.69 Å². The van der Waals surface area contributed by atoms with E-state index < -0.39 is 11.4 Å². The number of hydrogen-bond acceptors (Lipinski definition) is 5. The molecule has 5 rings (SSSR count). The molecule has 0 bridgehead atoms. The molecule has 3 aromatic rings. The van der Waals surface area contributed by atoms with Crippen LogP contribution in [0.5, 0.6) is 5.75 Å². The van der Waals surface area contributed by atoms with Gasteiger partial charge in [0.25, 0.3) is 5.91 Å². The number of carboxylic acids is 1. The number of para-hydroxylation sites is 1. The summed E-state index contributed by atoms with van der Waals surface area (Å²) in [7, 11) is 2.13. The standard InChI is InChI=1S/C29H34N4O4/c1-29(2)19-33(18-23(28(35)36)26-25(29)22-9-4-5-10-24(22)30-26)27(34)20-7-6-8-21(17-20)37-16-15-32-13-11-31(3)12-14-32/h4-10,17-18,30H,11-16,19H2,1-3H3,(H,35,36). The molecular weight excluding hydrogens is 468 g/mol. The molecular formula is C29H34N4O4. The number of carbonyl (C=O) groups is 2. The van der Waals surface area contributed by atoms with E-state index in [1.54, 1.807) is 18.2 Å². The zero-order chi connectivity index (χ0) is 26.2. The molecule has 1 amide bonds. The topological polar surface area (TPSA) is 89.1 Å². The number of aromatic nitrogens is 1. The minimum absolute atomic E-state index is 0.0738. The summed E-state index contributed by atoms with van der Waals surface area (Å²) in [4.78, 5) is 35.5. The Kier molecular flexibility index (Phi) is 6.79. The number of hydrogen-bond donors (Lipinski definition) is 2. The van der Waals surface area contributed by atoms with Crippen LogP contribution in [0.2, 0.25) is 0 Å². The molecule has 0 saturated carbocycles. The van der Waals surface area contributed by atoms with Crippen LogP contribution in [0, 0.1) is 0 Å². The number of nitrogens with one attached hydrogen (secondary N) is 1. The van der Waals surface area contributed by atoms with E-state index in [2.05, 4.69) is 21.8 Å². The molecule has 1 aromatic heterocycles. The Labute approximate surface area is 217 Å². The lowest BCUT2D eigenvalue weighted by Gasteiger charge is -2.32. The van der Waals surface area contributed by atoms with Crippen molar-refractivity contribution in [1.82, 2.24) is 19.7 Å². The Morgan fingerprint density at radius 3 is 2.57 bits per heavy atom. The Hall–Kier alpha value is -3.62. The Bertz CT molecular complexity index is 1350. The molecule has 0 atom stereocenters. The van der Waals surface area contributed by atoms with Gasteiger partial charge in [0.05, 0.1) is 11.3 Å². The maximum atomic E-state index is 13.7. The van der Waals surface area contributed by atoms with Crippen molar-refractivity contribution in [2.24, 2.45) is 0 Å². The fourth-order valence-corrected chi connectivity index (χ4v) is 5.36. The number of aliphatic carboxylic acids is 1. The third-order valence-corrected chi connectivity index (χ3v) is 7.35. The molecule has 2 aliphatic rings. The van der Waals surface area contributed by atoms with Gasteiger partial charge in [-0.15, -0.1) is 0 Å². The summed E-state index contributed by atoms with van der Waals surface area (Å²) in [6.45, 7) is 9.98. The number of amides is 1. The lowest BCUT2D eigenvalue weighted by Crippen LogP contribution is -2.45. The minimum Gasteiger partial charge on any atom is -0.492 e. The molecule has 3 heterocycles. The third kappa shape index (κ3) is 5.12. The molecule has 1 saturated heterocycles. The zero-order valence-electron chi connectivity index (χ0n) is 21.7. The third-order valence-electron chi connectivity index (χ3n) is 7.35. The van der Waals surface area contributed by atoms with Crippen LogP contribution >= 0.6 is 0 Å². The average molecular weight is 503 g/mol. The zero-order valence-corrected chi connectivity index (χ0v) is 21.7. The normalized spacial score (nSPS) is 18.2. The van der Waals surface area contributed by atoms with Gasteiger partial charge in [-0.2, -0.15) is 0 Å². The molecule has 0 radical (unpaired) electrons. The molecule has 2 aliphatic heterocycles. The first-order valence-corrected chi connectivity index (χ1v) is 12.7. The molecule has 0 unspecified atom stereocenters. The predicted octanol–water partition coefficient (Wildman–Crippen LogP) is 3.65. The number of benzene rings is 2. The number of carbonyl (C=O) groups excluding carboxylic acids is 1. The molecule has 37 heavy (non-hydrogen) atoms. The number of carboxylic acid groups (broad SMARTS) is 1. The van der Waals surface area contributed by atoms with Gasteiger partial charge in [-0.25, -0.2) is 4.79 Å². The van der Waals surface area contributed by atoms with Gasteiger partial charge in [-0.1, -0.05) is 38.1 Å². The van der Waals surface area contributed by atoms with E-state index in [1.807, 2.05) is 44.2 Å². The van der Waals surface area contributed by atoms with E-state index in [9.17, 15) is 14.7 Å². The number of piperazine rings is 1. The first-order valence-electron chi connectivity index (χ1n) is 12.7. The molecule has 0 aliphatic carbocycles. The van der Waals surface area contributed by atoms with Crippen molar-refractivity contribution in [3.63, 3.8) is 0 Å². The first-order chi connectivity index (χ1) is 17.7. The van der Waals surface area contributed by atoms with Gasteiger partial charge < -0.3 is 24.6 Å². The van der Waals surface area contributed by atoms with E-state index in [0.29, 0.717) is 30.2 Å². The van der Waals surface area contributed by atoms with Gasteiger partial charge in [0.2, 0.25) is 0 Å². The maximum Gasteiger partial charge on any atom is 0.339 e. The Morgan fingerprint density at radius 1 is 1.05 bits per heavy atom. The van der Waals surface area contributed by atoms with Crippen LogP contribution in [-0.4, -0.2) is 89.6 Å². The van der Waals surface area contributed by atoms with Crippen molar-refractivity contribution < 1.29 is 19.4 Å². The first kappa shape index (κ1) is 25.0. The molecule has 2 aromatic carbocycles. The summed E-state index contributed by atoms with van der Waals surface area (Å²) in [5.74, 6) is -0.706. The SMILES string of the molecule is CN1CCN(CCOc2cccc(C(=O)N3C=C(C(=O)O)c4[nH]c5ccccc5c4C(C)(C)C3)c2)CC1. The Morgan fingerprint density at radius 2 is 1.81 bits per heavy atom. The molecule has 2 N–H and O–H groups in total. The minimum atomic E-state index is -1.08. The number of ether oxygens (including phenoxy) is 1. The van der Waals surface area contributed by atoms with Crippen molar-refractivity contribution in [3.8, 4) is 5.75 Å². The van der Waals surface area contributed by atoms with Crippen LogP contribution in [0.1, 0.15) is 35.5 Å². The summed E-state index contributed by atoms with van der Waals surface area (Å²) in [5.41, 5.74) is 2.39. The van der Waals surface area contributed by atoms with Crippen molar-refractivity contribution in [2.75, 3.05) is 52.9 Å². The van der Waals surface area contributed by atoms with Crippen molar-refractivity contribution in [3.05, 3.63) is 71.6 Å². The van der Waals surface area contributed by atoms with E-state index in [-0.39, 0.29) is 11.5 Å². The summed E-state index contributed by atoms with van der Waals surface area (Å²) in [6, 6.07) is 14.9. The predicted molar refractivity (Wildman–Crippen MR) is 144 cm³/mol. The second kappa shape index (κ2) is 10.0. The molecule has 1 fully saturated rings. The number of rotatable bonds is 6.